The molecule has 10 heteroatoms. The van der Waals surface area contributed by atoms with Crippen LogP contribution in [0.15, 0.2) is 55.3 Å². The van der Waals surface area contributed by atoms with Crippen LogP contribution in [0.2, 0.25) is 0 Å². The highest BCUT2D eigenvalue weighted by Crippen LogP contribution is 2.25. The summed E-state index contributed by atoms with van der Waals surface area (Å²) in [6.45, 7) is 4.13. The molecule has 3 rings (SSSR count). The number of benzene rings is 1. The molecule has 1 N–H and O–H groups in total. The fourth-order valence-corrected chi connectivity index (χ4v) is 4.60. The smallest absolute Gasteiger partial charge is 0.293 e. The molecule has 0 bridgehead atoms. The molecular formula is C17H16BrN3O4S2. The second kappa shape index (κ2) is 7.91. The standard InChI is InChI=1S/C17H16BrN3O4S2/c1-10(2)9-14-20-21-17(26-14)19-16(22)13-7-8-15(25-13)27(23,24)12-5-3-11(18)4-6-12/h3-8,10H,9H2,1-2H3,(H,19,21,22). The molecule has 0 aliphatic carbocycles. The summed E-state index contributed by atoms with van der Waals surface area (Å²) in [5.74, 6) is -0.274. The van der Waals surface area contributed by atoms with Crippen molar-refractivity contribution in [2.24, 2.45) is 5.92 Å². The number of nitrogens with one attached hydrogen (secondary N) is 1. The maximum Gasteiger partial charge on any atom is 0.293 e. The van der Waals surface area contributed by atoms with E-state index in [1.54, 1.807) is 12.1 Å². The van der Waals surface area contributed by atoms with E-state index in [1.165, 1.54) is 35.6 Å². The Morgan fingerprint density at radius 1 is 1.19 bits per heavy atom. The molecule has 0 saturated heterocycles. The van der Waals surface area contributed by atoms with E-state index >= 15 is 0 Å². The Morgan fingerprint density at radius 2 is 1.89 bits per heavy atom. The SMILES string of the molecule is CC(C)Cc1nnc(NC(=O)c2ccc(S(=O)(=O)c3ccc(Br)cc3)o2)s1. The van der Waals surface area contributed by atoms with E-state index < -0.39 is 15.7 Å². The van der Waals surface area contributed by atoms with Crippen molar-refractivity contribution in [2.75, 3.05) is 5.32 Å². The van der Waals surface area contributed by atoms with Crippen molar-refractivity contribution in [2.45, 2.75) is 30.3 Å². The normalized spacial score (nSPS) is 11.7. The first-order valence-corrected chi connectivity index (χ1v) is 11.1. The number of anilines is 1. The molecule has 0 radical (unpaired) electrons. The van der Waals surface area contributed by atoms with E-state index in [0.29, 0.717) is 11.0 Å². The van der Waals surface area contributed by atoms with Gasteiger partial charge in [0.2, 0.25) is 20.1 Å². The van der Waals surface area contributed by atoms with Gasteiger partial charge >= 0.3 is 0 Å². The molecule has 142 valence electrons. The zero-order chi connectivity index (χ0) is 19.6. The molecule has 2 aromatic heterocycles. The van der Waals surface area contributed by atoms with Gasteiger partial charge in [-0.3, -0.25) is 10.1 Å². The minimum atomic E-state index is -3.84. The van der Waals surface area contributed by atoms with Gasteiger partial charge in [-0.05, 0) is 42.3 Å². The van der Waals surface area contributed by atoms with Crippen LogP contribution in [0.4, 0.5) is 5.13 Å². The molecule has 0 saturated carbocycles. The fourth-order valence-electron chi connectivity index (χ4n) is 2.21. The third kappa shape index (κ3) is 4.63. The van der Waals surface area contributed by atoms with Crippen molar-refractivity contribution in [1.82, 2.24) is 10.2 Å². The Bertz CT molecular complexity index is 1060. The molecule has 2 heterocycles. The number of sulfone groups is 1. The summed E-state index contributed by atoms with van der Waals surface area (Å²) in [5.41, 5.74) is 0. The lowest BCUT2D eigenvalue weighted by atomic mass is 10.1. The Balaban J connectivity index is 1.75. The molecule has 0 aliphatic heterocycles. The van der Waals surface area contributed by atoms with Gasteiger partial charge in [-0.25, -0.2) is 8.42 Å². The van der Waals surface area contributed by atoms with Gasteiger partial charge in [0.1, 0.15) is 5.01 Å². The van der Waals surface area contributed by atoms with Crippen LogP contribution in [0.5, 0.6) is 0 Å². The molecule has 1 aromatic carbocycles. The number of carbonyl (C=O) groups excluding carboxylic acids is 1. The van der Waals surface area contributed by atoms with Crippen molar-refractivity contribution in [1.29, 1.82) is 0 Å². The van der Waals surface area contributed by atoms with Gasteiger partial charge in [0.25, 0.3) is 5.91 Å². The molecule has 3 aromatic rings. The van der Waals surface area contributed by atoms with Crippen LogP contribution in [-0.2, 0) is 16.3 Å². The van der Waals surface area contributed by atoms with Crippen LogP contribution in [-0.4, -0.2) is 24.5 Å². The molecule has 0 unspecified atom stereocenters. The van der Waals surface area contributed by atoms with Gasteiger partial charge in [0.05, 0.1) is 4.90 Å². The van der Waals surface area contributed by atoms with Crippen LogP contribution in [0.25, 0.3) is 0 Å². The van der Waals surface area contributed by atoms with E-state index in [0.717, 1.165) is 15.9 Å². The lowest BCUT2D eigenvalue weighted by Crippen LogP contribution is -2.10. The number of hydrogen-bond acceptors (Lipinski definition) is 7. The predicted molar refractivity (Wildman–Crippen MR) is 105 cm³/mol. The largest absolute Gasteiger partial charge is 0.439 e. The average molecular weight is 470 g/mol. The van der Waals surface area contributed by atoms with Crippen molar-refractivity contribution in [3.63, 3.8) is 0 Å². The van der Waals surface area contributed by atoms with E-state index in [-0.39, 0.29) is 15.7 Å². The third-order valence-corrected chi connectivity index (χ3v) is 6.50. The summed E-state index contributed by atoms with van der Waals surface area (Å²) in [6.07, 6.45) is 0.768. The van der Waals surface area contributed by atoms with E-state index in [4.69, 9.17) is 4.42 Å². The number of carbonyl (C=O) groups is 1. The number of hydrogen-bond donors (Lipinski definition) is 1. The lowest BCUT2D eigenvalue weighted by molar-refractivity contribution is 0.0991. The maximum absolute atomic E-state index is 12.6. The van der Waals surface area contributed by atoms with Crippen molar-refractivity contribution < 1.29 is 17.6 Å². The fraction of sp³-hybridized carbons (Fsp3) is 0.235. The third-order valence-electron chi connectivity index (χ3n) is 3.46. The highest BCUT2D eigenvalue weighted by atomic mass is 79.9. The summed E-state index contributed by atoms with van der Waals surface area (Å²) in [4.78, 5) is 12.4. The highest BCUT2D eigenvalue weighted by Gasteiger charge is 2.24. The number of rotatable bonds is 6. The Kier molecular flexibility index (Phi) is 5.78. The average Bonchev–Trinajstić information content (AvgIpc) is 3.24. The summed E-state index contributed by atoms with van der Waals surface area (Å²) in [6, 6.07) is 8.73. The topological polar surface area (TPSA) is 102 Å². The molecular weight excluding hydrogens is 454 g/mol. The Morgan fingerprint density at radius 3 is 2.56 bits per heavy atom. The molecule has 27 heavy (non-hydrogen) atoms. The van der Waals surface area contributed by atoms with Gasteiger partial charge < -0.3 is 4.42 Å². The number of halogens is 1. The van der Waals surface area contributed by atoms with Gasteiger partial charge in [0.15, 0.2) is 5.76 Å². The van der Waals surface area contributed by atoms with Crippen LogP contribution < -0.4 is 5.32 Å². The maximum atomic E-state index is 12.6. The zero-order valence-electron chi connectivity index (χ0n) is 14.5. The second-order valence-corrected chi connectivity index (χ2v) is 9.99. The van der Waals surface area contributed by atoms with Gasteiger partial charge in [0, 0.05) is 10.9 Å². The minimum absolute atomic E-state index is 0.0782. The first-order valence-electron chi connectivity index (χ1n) is 8.00. The molecule has 0 atom stereocenters. The Hall–Kier alpha value is -2.04. The van der Waals surface area contributed by atoms with E-state index in [1.807, 2.05) is 0 Å². The number of furan rings is 1. The predicted octanol–water partition coefficient (Wildman–Crippen LogP) is 4.18. The lowest BCUT2D eigenvalue weighted by Gasteiger charge is -2.01. The molecule has 7 nitrogen and oxygen atoms in total. The molecule has 0 aliphatic rings. The number of amides is 1. The molecule has 1 amide bonds. The van der Waals surface area contributed by atoms with Crippen LogP contribution in [0, 0.1) is 5.92 Å². The van der Waals surface area contributed by atoms with Gasteiger partial charge in [-0.1, -0.05) is 41.1 Å². The Labute approximate surface area is 168 Å². The van der Waals surface area contributed by atoms with Crippen LogP contribution in [0.3, 0.4) is 0 Å². The van der Waals surface area contributed by atoms with Crippen molar-refractivity contribution in [3.8, 4) is 0 Å². The van der Waals surface area contributed by atoms with Crippen LogP contribution >= 0.6 is 27.3 Å². The second-order valence-electron chi connectivity index (χ2n) is 6.13. The molecule has 0 spiro atoms. The highest BCUT2D eigenvalue weighted by molar-refractivity contribution is 9.10. The van der Waals surface area contributed by atoms with Crippen LogP contribution in [0.1, 0.15) is 29.4 Å². The minimum Gasteiger partial charge on any atom is -0.439 e. The first-order chi connectivity index (χ1) is 12.8. The molecule has 0 fully saturated rings. The number of aromatic nitrogens is 2. The van der Waals surface area contributed by atoms with Crippen molar-refractivity contribution in [3.05, 3.63) is 51.6 Å². The summed E-state index contributed by atoms with van der Waals surface area (Å²) >= 11 is 4.53. The zero-order valence-corrected chi connectivity index (χ0v) is 17.7. The summed E-state index contributed by atoms with van der Waals surface area (Å²) < 4.78 is 31.2. The summed E-state index contributed by atoms with van der Waals surface area (Å²) in [5, 5.41) is 11.4. The van der Waals surface area contributed by atoms with E-state index in [9.17, 15) is 13.2 Å². The number of nitrogens with zero attached hydrogens (tertiary/aromatic N) is 2. The van der Waals surface area contributed by atoms with Gasteiger partial charge in [-0.2, -0.15) is 0 Å². The van der Waals surface area contributed by atoms with Crippen molar-refractivity contribution >= 4 is 48.1 Å². The van der Waals surface area contributed by atoms with Gasteiger partial charge in [-0.15, -0.1) is 10.2 Å². The van der Waals surface area contributed by atoms with E-state index in [2.05, 4.69) is 45.3 Å². The first kappa shape index (κ1) is 19.7. The monoisotopic (exact) mass is 469 g/mol. The summed E-state index contributed by atoms with van der Waals surface area (Å²) in [7, 11) is -3.84. The quantitative estimate of drug-likeness (QED) is 0.580.